The molecule has 0 aliphatic carbocycles. The van der Waals surface area contributed by atoms with Gasteiger partial charge in [-0.3, -0.25) is 14.4 Å². The van der Waals surface area contributed by atoms with E-state index in [4.69, 9.17) is 0 Å². The van der Waals surface area contributed by atoms with Crippen molar-refractivity contribution >= 4 is 17.5 Å². The molecule has 0 saturated carbocycles. The van der Waals surface area contributed by atoms with Gasteiger partial charge in [-0.05, 0) is 169 Å². The molecule has 1 aliphatic rings. The number of ketones is 2. The first-order valence-corrected chi connectivity index (χ1v) is 31.2. The number of nitrogens with zero attached hydrogens (tertiary/aromatic N) is 1. The van der Waals surface area contributed by atoms with Gasteiger partial charge in [0.2, 0.25) is 0 Å². The molecule has 1 amide bonds. The van der Waals surface area contributed by atoms with Gasteiger partial charge in [0.1, 0.15) is 0 Å². The minimum Gasteiger partial charge on any atom is -0.393 e. The number of carbonyl (C=O) groups is 3. The molecule has 0 spiro atoms. The van der Waals surface area contributed by atoms with Crippen LogP contribution in [0.4, 0.5) is 0 Å². The topological polar surface area (TPSA) is 338 Å². The second kappa shape index (κ2) is 38.4. The van der Waals surface area contributed by atoms with Crippen LogP contribution in [0.5, 0.6) is 0 Å². The average molecular weight is 1200 g/mol. The maximum Gasteiger partial charge on any atom is 0.262 e. The Kier molecular flexibility index (Phi) is 36.1. The van der Waals surface area contributed by atoms with Crippen molar-refractivity contribution in [2.75, 3.05) is 7.05 Å². The van der Waals surface area contributed by atoms with E-state index in [-0.39, 0.29) is 110 Å². The number of Topliss-reactive ketones (excluding diaryl/α,β-unsaturated/α-hetero) is 2. The lowest BCUT2D eigenvalue weighted by atomic mass is 9.82. The quantitative estimate of drug-likeness (QED) is 0.0192. The molecule has 18 heteroatoms. The first kappa shape index (κ1) is 79.0. The van der Waals surface area contributed by atoms with E-state index in [0.29, 0.717) is 54.5 Å². The molecule has 84 heavy (non-hydrogen) atoms. The van der Waals surface area contributed by atoms with Crippen LogP contribution in [0.3, 0.4) is 0 Å². The van der Waals surface area contributed by atoms with Gasteiger partial charge >= 0.3 is 0 Å². The Bertz CT molecular complexity index is 2140. The molecule has 1 rings (SSSR count). The zero-order valence-electron chi connectivity index (χ0n) is 53.9. The van der Waals surface area contributed by atoms with E-state index < -0.39 is 115 Å². The van der Waals surface area contributed by atoms with Crippen molar-refractivity contribution in [2.45, 2.75) is 279 Å². The monoisotopic (exact) mass is 1200 g/mol. The third-order valence-corrected chi connectivity index (χ3v) is 17.8. The van der Waals surface area contributed by atoms with Gasteiger partial charge in [-0.2, -0.15) is 0 Å². The fourth-order valence-electron chi connectivity index (χ4n) is 11.4. The summed E-state index contributed by atoms with van der Waals surface area (Å²) in [6.45, 7) is 26.5. The summed E-state index contributed by atoms with van der Waals surface area (Å²) in [7, 11) is 1.64. The Balaban J connectivity index is 2.59. The van der Waals surface area contributed by atoms with E-state index in [1.165, 1.54) is 17.9 Å². The second-order valence-electron chi connectivity index (χ2n) is 26.3. The summed E-state index contributed by atoms with van der Waals surface area (Å²) in [6.07, 6.45) is -4.69. The summed E-state index contributed by atoms with van der Waals surface area (Å²) in [5.74, 6) is -4.06. The first-order chi connectivity index (χ1) is 38.9. The molecule has 0 aromatic heterocycles. The van der Waals surface area contributed by atoms with Crippen molar-refractivity contribution in [3.05, 3.63) is 57.9 Å². The van der Waals surface area contributed by atoms with Crippen LogP contribution in [-0.4, -0.2) is 186 Å². The number of aliphatic hydroxyl groups excluding tert-OH is 14. The van der Waals surface area contributed by atoms with Gasteiger partial charge < -0.3 is 76.4 Å². The van der Waals surface area contributed by atoms with Crippen molar-refractivity contribution in [3.8, 4) is 0 Å². The standard InChI is InChI=1S/C66H117NO17/c1-35(2)28-53-44(12)59(66(84)67(53)16)65(83)40(8)23-27-51(71)32-49(69)25-21-38(6)62(80)45(13)54(73)18-17-19-55(74)46(14)64(82)42(10)29-41(9)61(79)43(11)30-57(76)58(77)34-52(72)33-56(75)37(5)20-24-48(68)31-50(70)26-22-39(7)63(81)47(15)60(78)36(3)4/h23,28-30,35-39,41,45-52,54-58,60,62-64,68-78,80-82H,17-22,24-27,31-34H2,1-16H3/b40-23+,42-29+,43-30+,53-28-. The molecule has 14 N–H and O–H groups in total. The lowest BCUT2D eigenvalue weighted by Gasteiger charge is -2.31. The summed E-state index contributed by atoms with van der Waals surface area (Å²) in [5.41, 5.74) is 2.32. The molecule has 0 aromatic carbocycles. The summed E-state index contributed by atoms with van der Waals surface area (Å²) in [6, 6.07) is 0. The van der Waals surface area contributed by atoms with Crippen LogP contribution in [0, 0.1) is 53.3 Å². The molecule has 0 saturated heterocycles. The van der Waals surface area contributed by atoms with E-state index in [9.17, 15) is 85.9 Å². The number of carbonyl (C=O) groups excluding carboxylic acids is 3. The number of aliphatic hydroxyl groups is 14. The first-order valence-electron chi connectivity index (χ1n) is 31.2. The number of hydrogen-bond acceptors (Lipinski definition) is 17. The van der Waals surface area contributed by atoms with Crippen molar-refractivity contribution in [1.82, 2.24) is 4.90 Å². The predicted molar refractivity (Wildman–Crippen MR) is 327 cm³/mol. The normalized spacial score (nSPS) is 22.3. The SMILES string of the molecule is CC1=C(C(=O)/C(C)=C/CC(O)CC(O)CCC(C)C(O)C(C)C(O)CCCC(O)C(C)C(O)/C(C)=C/C(C)C(=O)/C(C)=C/C(O)C(O)CC(O)CC(O)C(C)CCC(O)CC(O)CCC(C)C(O)C(C)C(O)C(C)C)C(=O)N(C)/C1=C\C(C)C. The zero-order chi connectivity index (χ0) is 64.8. The number of amides is 1. The number of hydrogen-bond donors (Lipinski definition) is 14. The van der Waals surface area contributed by atoms with Crippen LogP contribution >= 0.6 is 0 Å². The Labute approximate surface area is 503 Å². The van der Waals surface area contributed by atoms with E-state index in [1.807, 2.05) is 47.6 Å². The third kappa shape index (κ3) is 26.3. The zero-order valence-corrected chi connectivity index (χ0v) is 53.9. The van der Waals surface area contributed by atoms with Crippen molar-refractivity contribution in [1.29, 1.82) is 0 Å². The number of rotatable bonds is 42. The Morgan fingerprint density at radius 3 is 1.46 bits per heavy atom. The highest BCUT2D eigenvalue weighted by molar-refractivity contribution is 6.28. The highest BCUT2D eigenvalue weighted by Crippen LogP contribution is 2.32. The second-order valence-corrected chi connectivity index (χ2v) is 26.3. The van der Waals surface area contributed by atoms with Crippen LogP contribution in [0.25, 0.3) is 0 Å². The molecular weight excluding hydrogens is 1080 g/mol. The average Bonchev–Trinajstić information content (AvgIpc) is 3.95. The smallest absolute Gasteiger partial charge is 0.262 e. The van der Waals surface area contributed by atoms with Gasteiger partial charge in [-0.25, -0.2) is 0 Å². The van der Waals surface area contributed by atoms with Crippen LogP contribution in [0.15, 0.2) is 57.9 Å². The molecular formula is C66H117NO17. The molecule has 488 valence electrons. The molecule has 21 atom stereocenters. The molecule has 1 aliphatic heterocycles. The van der Waals surface area contributed by atoms with E-state index in [1.54, 1.807) is 74.6 Å². The Hall–Kier alpha value is -3.05. The predicted octanol–water partition coefficient (Wildman–Crippen LogP) is 5.91. The Morgan fingerprint density at radius 2 is 0.964 bits per heavy atom. The Morgan fingerprint density at radius 1 is 0.500 bits per heavy atom. The minimum absolute atomic E-state index is 0.00296. The highest BCUT2D eigenvalue weighted by atomic mass is 16.3. The maximum atomic E-state index is 13.4. The lowest BCUT2D eigenvalue weighted by Crippen LogP contribution is -2.37. The van der Waals surface area contributed by atoms with Crippen molar-refractivity contribution in [3.63, 3.8) is 0 Å². The van der Waals surface area contributed by atoms with Crippen LogP contribution in [0.2, 0.25) is 0 Å². The van der Waals surface area contributed by atoms with Gasteiger partial charge in [0.05, 0.1) is 91.0 Å². The molecule has 0 fully saturated rings. The van der Waals surface area contributed by atoms with Gasteiger partial charge in [0.15, 0.2) is 11.6 Å². The molecule has 0 bridgehead atoms. The summed E-state index contributed by atoms with van der Waals surface area (Å²) >= 11 is 0. The van der Waals surface area contributed by atoms with Crippen LogP contribution in [-0.2, 0) is 14.4 Å². The lowest BCUT2D eigenvalue weighted by molar-refractivity contribution is -0.125. The number of allylic oxidation sites excluding steroid dienone is 5. The van der Waals surface area contributed by atoms with E-state index >= 15 is 0 Å². The highest BCUT2D eigenvalue weighted by Gasteiger charge is 2.36. The fraction of sp³-hybridized carbons (Fsp3) is 0.803. The fourth-order valence-corrected chi connectivity index (χ4v) is 11.4. The van der Waals surface area contributed by atoms with Crippen molar-refractivity contribution < 1.29 is 85.9 Å². The molecule has 0 radical (unpaired) electrons. The van der Waals surface area contributed by atoms with Crippen molar-refractivity contribution in [2.24, 2.45) is 53.3 Å². The summed E-state index contributed by atoms with van der Waals surface area (Å²) in [5, 5.41) is 151. The van der Waals surface area contributed by atoms with Gasteiger partial charge in [-0.1, -0.05) is 94.4 Å². The molecule has 18 nitrogen and oxygen atoms in total. The van der Waals surface area contributed by atoms with Gasteiger partial charge in [-0.15, -0.1) is 0 Å². The van der Waals surface area contributed by atoms with Crippen LogP contribution < -0.4 is 0 Å². The maximum absolute atomic E-state index is 13.4. The van der Waals surface area contributed by atoms with E-state index in [0.717, 1.165) is 0 Å². The van der Waals surface area contributed by atoms with E-state index in [2.05, 4.69) is 0 Å². The third-order valence-electron chi connectivity index (χ3n) is 17.8. The molecule has 1 heterocycles. The number of likely N-dealkylation sites (N-methyl/N-ethyl adjacent to an activating group) is 1. The van der Waals surface area contributed by atoms with Gasteiger partial charge in [0.25, 0.3) is 5.91 Å². The summed E-state index contributed by atoms with van der Waals surface area (Å²) in [4.78, 5) is 41.0. The largest absolute Gasteiger partial charge is 0.393 e. The molecule has 0 aromatic rings. The molecule has 21 unspecified atom stereocenters. The van der Waals surface area contributed by atoms with Gasteiger partial charge in [0, 0.05) is 42.8 Å². The minimum atomic E-state index is -1.52. The summed E-state index contributed by atoms with van der Waals surface area (Å²) < 4.78 is 0. The van der Waals surface area contributed by atoms with Crippen LogP contribution in [0.1, 0.15) is 194 Å².